The Kier molecular flexibility index (Phi) is 5.15. The number of benzene rings is 2. The highest BCUT2D eigenvalue weighted by Gasteiger charge is 2.12. The first kappa shape index (κ1) is 18.2. The predicted molar refractivity (Wildman–Crippen MR) is 107 cm³/mol. The number of nitrogens with zero attached hydrogens (tertiary/aromatic N) is 2. The Hall–Kier alpha value is -2.58. The molecule has 1 heterocycles. The van der Waals surface area contributed by atoms with E-state index in [1.807, 2.05) is 41.8 Å². The van der Waals surface area contributed by atoms with Crippen molar-refractivity contribution in [2.24, 2.45) is 0 Å². The molecule has 136 valence electrons. The molecule has 0 aliphatic heterocycles. The van der Waals surface area contributed by atoms with E-state index in [1.54, 1.807) is 19.2 Å². The second-order valence-corrected chi connectivity index (χ2v) is 8.51. The first-order chi connectivity index (χ1) is 12.4. The standard InChI is InChI=1S/C18H19N3O3S2/c1-21(26(3,22)23)14-10-8-13(9-11-14)16-12-25-18(20-16)19-15-6-4-5-7-17(15)24-2/h4-12H,1-3H3,(H,19,20). The minimum absolute atomic E-state index is 0.610. The normalized spacial score (nSPS) is 11.2. The zero-order valence-corrected chi connectivity index (χ0v) is 16.3. The molecule has 1 aromatic heterocycles. The number of hydrogen-bond donors (Lipinski definition) is 1. The average molecular weight is 390 g/mol. The van der Waals surface area contributed by atoms with Crippen molar-refractivity contribution in [1.82, 2.24) is 4.98 Å². The Bertz CT molecular complexity index is 999. The lowest BCUT2D eigenvalue weighted by Gasteiger charge is -2.16. The molecule has 0 aliphatic rings. The van der Waals surface area contributed by atoms with Crippen LogP contribution in [0.15, 0.2) is 53.9 Å². The summed E-state index contributed by atoms with van der Waals surface area (Å²) >= 11 is 1.49. The number of rotatable bonds is 6. The van der Waals surface area contributed by atoms with E-state index >= 15 is 0 Å². The van der Waals surface area contributed by atoms with E-state index in [-0.39, 0.29) is 0 Å². The fourth-order valence-corrected chi connectivity index (χ4v) is 3.60. The molecule has 2 aromatic carbocycles. The second kappa shape index (κ2) is 7.35. The molecule has 0 spiro atoms. The van der Waals surface area contributed by atoms with Crippen molar-refractivity contribution < 1.29 is 13.2 Å². The fraction of sp³-hybridized carbons (Fsp3) is 0.167. The largest absolute Gasteiger partial charge is 0.495 e. The van der Waals surface area contributed by atoms with Crippen LogP contribution in [0, 0.1) is 0 Å². The number of methoxy groups -OCH3 is 1. The molecule has 0 fully saturated rings. The van der Waals surface area contributed by atoms with E-state index in [0.717, 1.165) is 27.8 Å². The van der Waals surface area contributed by atoms with Crippen LogP contribution in [0.25, 0.3) is 11.3 Å². The summed E-state index contributed by atoms with van der Waals surface area (Å²) in [4.78, 5) is 4.59. The van der Waals surface area contributed by atoms with E-state index in [0.29, 0.717) is 5.69 Å². The van der Waals surface area contributed by atoms with Crippen LogP contribution in [-0.2, 0) is 10.0 Å². The van der Waals surface area contributed by atoms with Crippen molar-refractivity contribution in [1.29, 1.82) is 0 Å². The number of sulfonamides is 1. The van der Waals surface area contributed by atoms with Crippen LogP contribution in [0.3, 0.4) is 0 Å². The van der Waals surface area contributed by atoms with Crippen LogP contribution >= 0.6 is 11.3 Å². The molecule has 0 bridgehead atoms. The molecule has 3 rings (SSSR count). The molecule has 0 saturated carbocycles. The summed E-state index contributed by atoms with van der Waals surface area (Å²) in [5.74, 6) is 0.748. The van der Waals surface area contributed by atoms with Gasteiger partial charge in [0, 0.05) is 18.0 Å². The van der Waals surface area contributed by atoms with Crippen molar-refractivity contribution in [2.45, 2.75) is 0 Å². The zero-order valence-electron chi connectivity index (χ0n) is 14.6. The topological polar surface area (TPSA) is 71.5 Å². The molecular formula is C18H19N3O3S2. The number of hydrogen-bond acceptors (Lipinski definition) is 6. The third-order valence-corrected chi connectivity index (χ3v) is 5.84. The lowest BCUT2D eigenvalue weighted by atomic mass is 10.1. The Labute approximate surface area is 157 Å². The minimum Gasteiger partial charge on any atom is -0.495 e. The molecule has 0 atom stereocenters. The van der Waals surface area contributed by atoms with E-state index < -0.39 is 10.0 Å². The van der Waals surface area contributed by atoms with Gasteiger partial charge in [0.2, 0.25) is 10.0 Å². The van der Waals surface area contributed by atoms with Crippen molar-refractivity contribution in [3.63, 3.8) is 0 Å². The molecule has 3 aromatic rings. The summed E-state index contributed by atoms with van der Waals surface area (Å²) in [6.07, 6.45) is 1.18. The highest BCUT2D eigenvalue weighted by atomic mass is 32.2. The number of ether oxygens (including phenoxy) is 1. The summed E-state index contributed by atoms with van der Waals surface area (Å²) in [5.41, 5.74) is 3.20. The van der Waals surface area contributed by atoms with Crippen LogP contribution in [0.1, 0.15) is 0 Å². The Morgan fingerprint density at radius 1 is 1.12 bits per heavy atom. The molecule has 6 nitrogen and oxygen atoms in total. The predicted octanol–water partition coefficient (Wildman–Crippen LogP) is 3.96. The second-order valence-electron chi connectivity index (χ2n) is 5.64. The third-order valence-electron chi connectivity index (χ3n) is 3.88. The van der Waals surface area contributed by atoms with Gasteiger partial charge < -0.3 is 10.1 Å². The fourth-order valence-electron chi connectivity index (χ4n) is 2.36. The highest BCUT2D eigenvalue weighted by Crippen LogP contribution is 2.31. The summed E-state index contributed by atoms with van der Waals surface area (Å²) in [6, 6.07) is 14.9. The molecule has 26 heavy (non-hydrogen) atoms. The lowest BCUT2D eigenvalue weighted by Crippen LogP contribution is -2.24. The van der Waals surface area contributed by atoms with Gasteiger partial charge in [0.15, 0.2) is 5.13 Å². The minimum atomic E-state index is -3.27. The monoisotopic (exact) mass is 389 g/mol. The third kappa shape index (κ3) is 3.97. The maximum atomic E-state index is 11.6. The maximum absolute atomic E-state index is 11.6. The SMILES string of the molecule is COc1ccccc1Nc1nc(-c2ccc(N(C)S(C)(=O)=O)cc2)cs1. The van der Waals surface area contributed by atoms with Gasteiger partial charge >= 0.3 is 0 Å². The van der Waals surface area contributed by atoms with Gasteiger partial charge in [-0.15, -0.1) is 11.3 Å². The summed E-state index contributed by atoms with van der Waals surface area (Å²) in [6.45, 7) is 0. The van der Waals surface area contributed by atoms with Crippen LogP contribution in [-0.4, -0.2) is 33.8 Å². The number of aromatic nitrogens is 1. The molecule has 0 unspecified atom stereocenters. The van der Waals surface area contributed by atoms with E-state index in [4.69, 9.17) is 4.74 Å². The van der Waals surface area contributed by atoms with E-state index in [2.05, 4.69) is 10.3 Å². The number of para-hydroxylation sites is 2. The zero-order chi connectivity index (χ0) is 18.7. The van der Waals surface area contributed by atoms with Crippen LogP contribution < -0.4 is 14.4 Å². The van der Waals surface area contributed by atoms with Crippen molar-refractivity contribution in [2.75, 3.05) is 30.0 Å². The molecule has 0 aliphatic carbocycles. The lowest BCUT2D eigenvalue weighted by molar-refractivity contribution is 0.417. The van der Waals surface area contributed by atoms with Crippen LogP contribution in [0.5, 0.6) is 5.75 Å². The number of anilines is 3. The highest BCUT2D eigenvalue weighted by molar-refractivity contribution is 7.92. The maximum Gasteiger partial charge on any atom is 0.231 e. The Balaban J connectivity index is 1.79. The summed E-state index contributed by atoms with van der Waals surface area (Å²) in [7, 11) is -0.115. The average Bonchev–Trinajstić information content (AvgIpc) is 3.09. The van der Waals surface area contributed by atoms with Crippen molar-refractivity contribution in [3.8, 4) is 17.0 Å². The Morgan fingerprint density at radius 2 is 1.81 bits per heavy atom. The van der Waals surface area contributed by atoms with Gasteiger partial charge in [-0.25, -0.2) is 13.4 Å². The van der Waals surface area contributed by atoms with Gasteiger partial charge in [-0.3, -0.25) is 4.31 Å². The van der Waals surface area contributed by atoms with Crippen molar-refractivity contribution >= 4 is 37.9 Å². The molecule has 8 heteroatoms. The Morgan fingerprint density at radius 3 is 2.46 bits per heavy atom. The van der Waals surface area contributed by atoms with Gasteiger partial charge in [-0.1, -0.05) is 24.3 Å². The first-order valence-electron chi connectivity index (χ1n) is 7.78. The van der Waals surface area contributed by atoms with Gasteiger partial charge in [0.05, 0.1) is 30.4 Å². The summed E-state index contributed by atoms with van der Waals surface area (Å²) in [5, 5.41) is 5.96. The first-order valence-corrected chi connectivity index (χ1v) is 10.5. The van der Waals surface area contributed by atoms with Crippen LogP contribution in [0.2, 0.25) is 0 Å². The molecule has 0 amide bonds. The molecule has 1 N–H and O–H groups in total. The summed E-state index contributed by atoms with van der Waals surface area (Å²) < 4.78 is 29.8. The number of nitrogens with one attached hydrogen (secondary N) is 1. The van der Waals surface area contributed by atoms with E-state index in [9.17, 15) is 8.42 Å². The number of thiazole rings is 1. The van der Waals surface area contributed by atoms with E-state index in [1.165, 1.54) is 28.9 Å². The van der Waals surface area contributed by atoms with Crippen LogP contribution in [0.4, 0.5) is 16.5 Å². The van der Waals surface area contributed by atoms with Gasteiger partial charge in [-0.05, 0) is 24.3 Å². The quantitative estimate of drug-likeness (QED) is 0.691. The molecule has 0 saturated heterocycles. The molecular weight excluding hydrogens is 370 g/mol. The van der Waals surface area contributed by atoms with Gasteiger partial charge in [0.1, 0.15) is 5.75 Å². The smallest absolute Gasteiger partial charge is 0.231 e. The van der Waals surface area contributed by atoms with Gasteiger partial charge in [0.25, 0.3) is 0 Å². The molecule has 0 radical (unpaired) electrons. The van der Waals surface area contributed by atoms with Crippen molar-refractivity contribution in [3.05, 3.63) is 53.9 Å². The van der Waals surface area contributed by atoms with Gasteiger partial charge in [-0.2, -0.15) is 0 Å².